The van der Waals surface area contributed by atoms with Crippen LogP contribution in [0.3, 0.4) is 0 Å². The Labute approximate surface area is 102 Å². The van der Waals surface area contributed by atoms with Crippen molar-refractivity contribution in [1.29, 1.82) is 0 Å². The Balaban J connectivity index is 2.60. The number of nitrogens with zero attached hydrogens (tertiary/aromatic N) is 2. The smallest absolute Gasteiger partial charge is 0.293 e. The molecule has 0 saturated carbocycles. The number of anilines is 1. The summed E-state index contributed by atoms with van der Waals surface area (Å²) >= 11 is 0. The van der Waals surface area contributed by atoms with Gasteiger partial charge in [-0.1, -0.05) is 0 Å². The van der Waals surface area contributed by atoms with Crippen LogP contribution in [0.25, 0.3) is 0 Å². The van der Waals surface area contributed by atoms with E-state index in [4.69, 9.17) is 5.73 Å². The summed E-state index contributed by atoms with van der Waals surface area (Å²) in [5, 5.41) is 3.06. The molecule has 3 N–H and O–H groups in total. The summed E-state index contributed by atoms with van der Waals surface area (Å²) in [5.74, 6) is 0.422. The van der Waals surface area contributed by atoms with Crippen molar-refractivity contribution in [2.45, 2.75) is 45.7 Å². The molecular formula is C12H22N4O. The number of rotatable bonds is 6. The van der Waals surface area contributed by atoms with Crippen molar-refractivity contribution in [2.24, 2.45) is 5.73 Å². The molecule has 5 nitrogen and oxygen atoms in total. The van der Waals surface area contributed by atoms with E-state index in [0.717, 1.165) is 19.4 Å². The van der Waals surface area contributed by atoms with Gasteiger partial charge in [0.05, 0.1) is 0 Å². The van der Waals surface area contributed by atoms with E-state index >= 15 is 0 Å². The lowest BCUT2D eigenvalue weighted by Crippen LogP contribution is -2.26. The van der Waals surface area contributed by atoms with Crippen molar-refractivity contribution in [3.63, 3.8) is 0 Å². The molecule has 0 spiro atoms. The third-order valence-electron chi connectivity index (χ3n) is 2.55. The van der Waals surface area contributed by atoms with E-state index in [9.17, 15) is 4.79 Å². The van der Waals surface area contributed by atoms with Gasteiger partial charge in [-0.2, -0.15) is 0 Å². The minimum atomic E-state index is -0.0664. The number of hydrogen-bond donors (Lipinski definition) is 2. The Morgan fingerprint density at radius 1 is 1.47 bits per heavy atom. The highest BCUT2D eigenvalue weighted by Gasteiger charge is 2.06. The fraction of sp³-hybridized carbons (Fsp3) is 0.667. The first-order chi connectivity index (χ1) is 8.02. The second kappa shape index (κ2) is 6.39. The Hall–Kier alpha value is -1.36. The van der Waals surface area contributed by atoms with Gasteiger partial charge in [-0.15, -0.1) is 0 Å². The van der Waals surface area contributed by atoms with Crippen molar-refractivity contribution in [1.82, 2.24) is 9.55 Å². The first-order valence-corrected chi connectivity index (χ1v) is 6.09. The largest absolute Gasteiger partial charge is 0.365 e. The number of nitrogens with one attached hydrogen (secondary N) is 1. The van der Waals surface area contributed by atoms with E-state index in [-0.39, 0.29) is 17.6 Å². The maximum Gasteiger partial charge on any atom is 0.293 e. The highest BCUT2D eigenvalue weighted by Crippen LogP contribution is 2.02. The molecule has 0 aliphatic heterocycles. The van der Waals surface area contributed by atoms with Crippen molar-refractivity contribution in [2.75, 3.05) is 11.9 Å². The normalized spacial score (nSPS) is 12.8. The van der Waals surface area contributed by atoms with Crippen molar-refractivity contribution >= 4 is 5.82 Å². The molecule has 0 aliphatic rings. The SMILES string of the molecule is CC(N)CCCNc1nccn(C(C)C)c1=O. The Bertz CT molecular complexity index is 398. The lowest BCUT2D eigenvalue weighted by molar-refractivity contribution is 0.574. The molecule has 0 aliphatic carbocycles. The molecule has 1 atom stereocenters. The summed E-state index contributed by atoms with van der Waals surface area (Å²) < 4.78 is 1.67. The van der Waals surface area contributed by atoms with Gasteiger partial charge in [0.15, 0.2) is 5.82 Å². The fourth-order valence-corrected chi connectivity index (χ4v) is 1.58. The summed E-state index contributed by atoms with van der Waals surface area (Å²) in [6.07, 6.45) is 5.24. The van der Waals surface area contributed by atoms with Gasteiger partial charge in [0, 0.05) is 31.0 Å². The average Bonchev–Trinajstić information content (AvgIpc) is 2.25. The lowest BCUT2D eigenvalue weighted by atomic mass is 10.2. The van der Waals surface area contributed by atoms with Crippen molar-refractivity contribution < 1.29 is 0 Å². The van der Waals surface area contributed by atoms with Gasteiger partial charge in [0.25, 0.3) is 5.56 Å². The van der Waals surface area contributed by atoms with Crippen LogP contribution >= 0.6 is 0 Å². The minimum absolute atomic E-state index is 0.0664. The van der Waals surface area contributed by atoms with Gasteiger partial charge in [-0.25, -0.2) is 4.98 Å². The lowest BCUT2D eigenvalue weighted by Gasteiger charge is -2.11. The van der Waals surface area contributed by atoms with Gasteiger partial charge in [0.1, 0.15) is 0 Å². The molecule has 17 heavy (non-hydrogen) atoms. The zero-order valence-corrected chi connectivity index (χ0v) is 10.8. The molecule has 1 rings (SSSR count). The maximum atomic E-state index is 12.0. The molecule has 1 unspecified atom stereocenters. The third kappa shape index (κ3) is 4.19. The van der Waals surface area contributed by atoms with E-state index in [0.29, 0.717) is 5.82 Å². The summed E-state index contributed by atoms with van der Waals surface area (Å²) in [7, 11) is 0. The Morgan fingerprint density at radius 3 is 2.76 bits per heavy atom. The quantitative estimate of drug-likeness (QED) is 0.734. The second-order valence-corrected chi connectivity index (χ2v) is 4.63. The number of hydrogen-bond acceptors (Lipinski definition) is 4. The average molecular weight is 238 g/mol. The van der Waals surface area contributed by atoms with Crippen molar-refractivity contribution in [3.05, 3.63) is 22.7 Å². The van der Waals surface area contributed by atoms with Crippen molar-refractivity contribution in [3.8, 4) is 0 Å². The standard InChI is InChI=1S/C12H22N4O/c1-9(2)16-8-7-15-11(12(16)17)14-6-4-5-10(3)13/h7-10H,4-6,13H2,1-3H3,(H,14,15). The van der Waals surface area contributed by atoms with E-state index in [1.165, 1.54) is 0 Å². The molecular weight excluding hydrogens is 216 g/mol. The highest BCUT2D eigenvalue weighted by atomic mass is 16.1. The highest BCUT2D eigenvalue weighted by molar-refractivity contribution is 5.30. The van der Waals surface area contributed by atoms with Crippen LogP contribution in [0, 0.1) is 0 Å². The molecule has 1 aromatic rings. The predicted octanol–water partition coefficient (Wildman–Crippen LogP) is 1.36. The minimum Gasteiger partial charge on any atom is -0.365 e. The number of nitrogens with two attached hydrogens (primary N) is 1. The van der Waals surface area contributed by atoms with Crippen LogP contribution < -0.4 is 16.6 Å². The van der Waals surface area contributed by atoms with E-state index in [1.54, 1.807) is 17.0 Å². The monoisotopic (exact) mass is 238 g/mol. The summed E-state index contributed by atoms with van der Waals surface area (Å²) in [6, 6.07) is 0.350. The molecule has 96 valence electrons. The molecule has 1 aromatic heterocycles. The molecule has 0 aromatic carbocycles. The van der Waals surface area contributed by atoms with Crippen LogP contribution in [-0.2, 0) is 0 Å². The van der Waals surface area contributed by atoms with Gasteiger partial charge in [-0.3, -0.25) is 4.79 Å². The topological polar surface area (TPSA) is 72.9 Å². The second-order valence-electron chi connectivity index (χ2n) is 4.63. The van der Waals surface area contributed by atoms with Crippen LogP contribution in [0.5, 0.6) is 0 Å². The van der Waals surface area contributed by atoms with Crippen LogP contribution in [-0.4, -0.2) is 22.1 Å². The fourth-order valence-electron chi connectivity index (χ4n) is 1.58. The summed E-state index contributed by atoms with van der Waals surface area (Å²) in [5.41, 5.74) is 5.59. The maximum absolute atomic E-state index is 12.0. The Morgan fingerprint density at radius 2 is 2.18 bits per heavy atom. The predicted molar refractivity (Wildman–Crippen MR) is 70.3 cm³/mol. The zero-order valence-electron chi connectivity index (χ0n) is 10.8. The summed E-state index contributed by atoms with van der Waals surface area (Å²) in [4.78, 5) is 16.0. The Kier molecular flexibility index (Phi) is 5.15. The molecule has 1 heterocycles. The van der Waals surface area contributed by atoms with Crippen LogP contribution in [0.15, 0.2) is 17.2 Å². The molecule has 0 bridgehead atoms. The van der Waals surface area contributed by atoms with Gasteiger partial charge < -0.3 is 15.6 Å². The van der Waals surface area contributed by atoms with Gasteiger partial charge >= 0.3 is 0 Å². The molecule has 0 saturated heterocycles. The zero-order chi connectivity index (χ0) is 12.8. The molecule has 0 amide bonds. The first kappa shape index (κ1) is 13.7. The van der Waals surface area contributed by atoms with E-state index in [1.807, 2.05) is 20.8 Å². The van der Waals surface area contributed by atoms with Crippen LogP contribution in [0.2, 0.25) is 0 Å². The number of aromatic nitrogens is 2. The molecule has 0 fully saturated rings. The van der Waals surface area contributed by atoms with E-state index < -0.39 is 0 Å². The first-order valence-electron chi connectivity index (χ1n) is 6.09. The van der Waals surface area contributed by atoms with E-state index in [2.05, 4.69) is 10.3 Å². The third-order valence-corrected chi connectivity index (χ3v) is 2.55. The van der Waals surface area contributed by atoms with Crippen LogP contribution in [0.1, 0.15) is 39.7 Å². The molecule has 0 radical (unpaired) electrons. The molecule has 5 heteroatoms. The van der Waals surface area contributed by atoms with Gasteiger partial charge in [-0.05, 0) is 33.6 Å². The van der Waals surface area contributed by atoms with Crippen LogP contribution in [0.4, 0.5) is 5.82 Å². The summed E-state index contributed by atoms with van der Waals surface area (Å²) in [6.45, 7) is 6.65. The van der Waals surface area contributed by atoms with Gasteiger partial charge in [0.2, 0.25) is 0 Å².